The molecular formula is C25H27FN4O. The van der Waals surface area contributed by atoms with Gasteiger partial charge in [0.25, 0.3) is 5.91 Å². The van der Waals surface area contributed by atoms with Gasteiger partial charge in [-0.1, -0.05) is 30.3 Å². The van der Waals surface area contributed by atoms with Gasteiger partial charge in [0.15, 0.2) is 0 Å². The Bertz CT molecular complexity index is 1080. The van der Waals surface area contributed by atoms with Crippen molar-refractivity contribution in [2.75, 3.05) is 11.9 Å². The summed E-state index contributed by atoms with van der Waals surface area (Å²) < 4.78 is 15.5. The molecule has 2 atom stereocenters. The third kappa shape index (κ3) is 3.82. The average molecular weight is 419 g/mol. The zero-order valence-electron chi connectivity index (χ0n) is 17.7. The Morgan fingerprint density at radius 1 is 1.06 bits per heavy atom. The predicted molar refractivity (Wildman–Crippen MR) is 119 cm³/mol. The molecule has 2 aromatic carbocycles. The number of hydrogen-bond donors (Lipinski definition) is 1. The molecule has 1 amide bonds. The molecular weight excluding hydrogens is 391 g/mol. The normalized spacial score (nSPS) is 20.5. The fourth-order valence-corrected chi connectivity index (χ4v) is 4.98. The first-order valence-electron chi connectivity index (χ1n) is 11.0. The van der Waals surface area contributed by atoms with Crippen molar-refractivity contribution >= 4 is 11.6 Å². The van der Waals surface area contributed by atoms with Crippen molar-refractivity contribution in [1.29, 1.82) is 0 Å². The van der Waals surface area contributed by atoms with Crippen molar-refractivity contribution in [1.82, 2.24) is 14.5 Å². The summed E-state index contributed by atoms with van der Waals surface area (Å²) in [6.07, 6.45) is 3.60. The summed E-state index contributed by atoms with van der Waals surface area (Å²) in [6.45, 7) is 3.43. The van der Waals surface area contributed by atoms with Gasteiger partial charge >= 0.3 is 0 Å². The first-order chi connectivity index (χ1) is 15.1. The van der Waals surface area contributed by atoms with Gasteiger partial charge in [0.2, 0.25) is 0 Å². The highest BCUT2D eigenvalue weighted by molar-refractivity contribution is 5.94. The summed E-state index contributed by atoms with van der Waals surface area (Å²) in [4.78, 5) is 20.3. The fraction of sp³-hybridized carbons (Fsp3) is 0.360. The minimum absolute atomic E-state index is 0.00487. The molecule has 5 nitrogen and oxygen atoms in total. The van der Waals surface area contributed by atoms with Crippen LogP contribution in [0.3, 0.4) is 0 Å². The average Bonchev–Trinajstić information content (AvgIpc) is 3.38. The third-order valence-electron chi connectivity index (χ3n) is 6.47. The van der Waals surface area contributed by atoms with Gasteiger partial charge in [0.1, 0.15) is 17.3 Å². The van der Waals surface area contributed by atoms with Crippen LogP contribution in [-0.4, -0.2) is 32.9 Å². The lowest BCUT2D eigenvalue weighted by molar-refractivity contribution is 0.0722. The monoisotopic (exact) mass is 418 g/mol. The van der Waals surface area contributed by atoms with Crippen LogP contribution in [-0.2, 0) is 13.0 Å². The molecule has 160 valence electrons. The zero-order valence-corrected chi connectivity index (χ0v) is 17.7. The number of para-hydroxylation sites is 1. The number of hydrogen-bond acceptors (Lipinski definition) is 3. The molecule has 0 aliphatic carbocycles. The van der Waals surface area contributed by atoms with Crippen LogP contribution in [0.25, 0.3) is 0 Å². The largest absolute Gasteiger partial charge is 0.382 e. The van der Waals surface area contributed by atoms with Crippen molar-refractivity contribution in [3.05, 3.63) is 83.2 Å². The maximum Gasteiger partial charge on any atom is 0.272 e. The highest BCUT2D eigenvalue weighted by atomic mass is 19.1. The second-order valence-corrected chi connectivity index (χ2v) is 8.52. The van der Waals surface area contributed by atoms with Gasteiger partial charge in [-0.25, -0.2) is 9.37 Å². The zero-order chi connectivity index (χ0) is 21.4. The summed E-state index contributed by atoms with van der Waals surface area (Å²) >= 11 is 0. The number of anilines is 1. The van der Waals surface area contributed by atoms with Crippen LogP contribution in [0, 0.1) is 12.7 Å². The van der Waals surface area contributed by atoms with E-state index in [0.717, 1.165) is 61.5 Å². The number of likely N-dealkylation sites (tertiary alicyclic amines) is 1. The summed E-state index contributed by atoms with van der Waals surface area (Å²) in [7, 11) is 0. The smallest absolute Gasteiger partial charge is 0.272 e. The molecule has 2 aliphatic rings. The molecule has 5 rings (SSSR count). The van der Waals surface area contributed by atoms with Gasteiger partial charge in [-0.15, -0.1) is 0 Å². The lowest BCUT2D eigenvalue weighted by Crippen LogP contribution is -2.35. The van der Waals surface area contributed by atoms with Crippen molar-refractivity contribution in [2.24, 2.45) is 0 Å². The molecule has 1 unspecified atom stereocenters. The van der Waals surface area contributed by atoms with Gasteiger partial charge in [0.05, 0.1) is 11.7 Å². The summed E-state index contributed by atoms with van der Waals surface area (Å²) in [6, 6.07) is 17.1. The number of rotatable bonds is 4. The van der Waals surface area contributed by atoms with Crippen LogP contribution in [0.2, 0.25) is 0 Å². The molecule has 1 fully saturated rings. The van der Waals surface area contributed by atoms with Crippen LogP contribution in [0.15, 0.2) is 54.6 Å². The minimum Gasteiger partial charge on any atom is -0.382 e. The van der Waals surface area contributed by atoms with Crippen LogP contribution < -0.4 is 5.32 Å². The van der Waals surface area contributed by atoms with E-state index in [9.17, 15) is 9.18 Å². The van der Waals surface area contributed by atoms with E-state index >= 15 is 0 Å². The molecule has 2 aliphatic heterocycles. The van der Waals surface area contributed by atoms with Crippen molar-refractivity contribution < 1.29 is 9.18 Å². The first kappa shape index (κ1) is 19.8. The lowest BCUT2D eigenvalue weighted by atomic mass is 10.0. The van der Waals surface area contributed by atoms with Gasteiger partial charge in [0, 0.05) is 31.2 Å². The number of nitrogens with zero attached hydrogens (tertiary/aromatic N) is 3. The van der Waals surface area contributed by atoms with Crippen LogP contribution >= 0.6 is 0 Å². The number of aromatic nitrogens is 2. The van der Waals surface area contributed by atoms with Crippen molar-refractivity contribution in [2.45, 2.75) is 51.2 Å². The van der Waals surface area contributed by atoms with E-state index in [1.807, 2.05) is 30.0 Å². The number of carbonyl (C=O) groups excluding carboxylic acids is 1. The van der Waals surface area contributed by atoms with Gasteiger partial charge in [-0.3, -0.25) is 4.79 Å². The molecule has 3 aromatic rings. The highest BCUT2D eigenvalue weighted by Gasteiger charge is 2.35. The molecule has 0 bridgehead atoms. The summed E-state index contributed by atoms with van der Waals surface area (Å²) in [5.74, 6) is 0.759. The Morgan fingerprint density at radius 3 is 2.61 bits per heavy atom. The lowest BCUT2D eigenvalue weighted by Gasteiger charge is -2.29. The Balaban J connectivity index is 1.37. The van der Waals surface area contributed by atoms with Crippen molar-refractivity contribution in [3.8, 4) is 0 Å². The maximum atomic E-state index is 13.6. The number of nitrogens with one attached hydrogen (secondary N) is 1. The number of imidazole rings is 1. The summed E-state index contributed by atoms with van der Waals surface area (Å²) in [5.41, 5.74) is 3.61. The van der Waals surface area contributed by atoms with Crippen LogP contribution in [0.4, 0.5) is 10.1 Å². The predicted octanol–water partition coefficient (Wildman–Crippen LogP) is 4.73. The second-order valence-electron chi connectivity index (χ2n) is 8.52. The van der Waals surface area contributed by atoms with E-state index in [1.165, 1.54) is 12.1 Å². The third-order valence-corrected chi connectivity index (χ3v) is 6.47. The fourth-order valence-electron chi connectivity index (χ4n) is 4.98. The van der Waals surface area contributed by atoms with E-state index in [1.54, 1.807) is 12.1 Å². The van der Waals surface area contributed by atoms with Crippen LogP contribution in [0.1, 0.15) is 52.9 Å². The first-order valence-corrected chi connectivity index (χ1v) is 11.0. The van der Waals surface area contributed by atoms with Gasteiger partial charge < -0.3 is 14.8 Å². The Labute approximate surface area is 181 Å². The van der Waals surface area contributed by atoms with Gasteiger partial charge in [-0.05, 0) is 56.0 Å². The quantitative estimate of drug-likeness (QED) is 0.666. The molecule has 0 saturated carbocycles. The van der Waals surface area contributed by atoms with E-state index < -0.39 is 0 Å². The molecule has 6 heteroatoms. The Morgan fingerprint density at radius 2 is 1.84 bits per heavy atom. The summed E-state index contributed by atoms with van der Waals surface area (Å²) in [5, 5.41) is 3.59. The number of fused-ring (bicyclic) bond motifs is 1. The Hall–Kier alpha value is -3.15. The second kappa shape index (κ2) is 8.17. The van der Waals surface area contributed by atoms with Gasteiger partial charge in [-0.2, -0.15) is 0 Å². The topological polar surface area (TPSA) is 50.2 Å². The molecule has 0 radical (unpaired) electrons. The molecule has 3 heterocycles. The molecule has 1 N–H and O–H groups in total. The van der Waals surface area contributed by atoms with E-state index in [0.29, 0.717) is 11.7 Å². The molecule has 1 aromatic heterocycles. The minimum atomic E-state index is -0.251. The maximum absolute atomic E-state index is 13.6. The van der Waals surface area contributed by atoms with E-state index in [2.05, 4.69) is 22.0 Å². The number of benzene rings is 2. The Kier molecular flexibility index (Phi) is 5.22. The number of aryl methyl sites for hydroxylation is 1. The van der Waals surface area contributed by atoms with E-state index in [-0.39, 0.29) is 17.8 Å². The molecule has 1 saturated heterocycles. The number of amides is 1. The highest BCUT2D eigenvalue weighted by Crippen LogP contribution is 2.34. The van der Waals surface area contributed by atoms with Crippen molar-refractivity contribution in [3.63, 3.8) is 0 Å². The number of carbonyl (C=O) groups is 1. The number of halogens is 1. The molecule has 31 heavy (non-hydrogen) atoms. The SMILES string of the molecule is Cc1nc2n(c1C(=O)N1CCC[C@@H]1c1ccc(F)cc1)CCC(Nc1ccccc1)C2. The standard InChI is InChI=1S/C25H27FN4O/c1-17-24(25(31)29-14-5-8-22(29)18-9-11-19(26)12-10-18)30-15-13-21(16-23(30)27-17)28-20-6-3-2-4-7-20/h2-4,6-7,9-12,21-22,28H,5,8,13-16H2,1H3/t21?,22-/m1/s1. The molecule has 0 spiro atoms. The van der Waals surface area contributed by atoms with E-state index in [4.69, 9.17) is 4.98 Å². The van der Waals surface area contributed by atoms with Crippen LogP contribution in [0.5, 0.6) is 0 Å².